The Balaban J connectivity index is 0.000000187. The van der Waals surface area contributed by atoms with Gasteiger partial charge >= 0.3 is 0 Å². The predicted molar refractivity (Wildman–Crippen MR) is 107 cm³/mol. The van der Waals surface area contributed by atoms with Gasteiger partial charge in [0.2, 0.25) is 23.6 Å². The number of nitrogens with zero attached hydrogens (tertiary/aromatic N) is 4. The second-order valence-corrected chi connectivity index (χ2v) is 7.68. The monoisotopic (exact) mass is 396 g/mol. The number of likely N-dealkylation sites (tertiary alicyclic amines) is 4. The van der Waals surface area contributed by atoms with E-state index in [0.717, 1.165) is 77.5 Å². The number of hydrogen-bond donors (Lipinski definition) is 0. The molecule has 4 aliphatic heterocycles. The van der Waals surface area contributed by atoms with E-state index in [2.05, 4.69) is 0 Å². The first-order chi connectivity index (χ1) is 13.2. The SMILES string of the molecule is CN1CCCC1=O.CN1CCCC1=O.CN1CCCC1=O.CN1CCCC1=O. The molecule has 0 aliphatic carbocycles. The zero-order chi connectivity index (χ0) is 21.1. The summed E-state index contributed by atoms with van der Waals surface area (Å²) in [5.74, 6) is 1.17. The summed E-state index contributed by atoms with van der Waals surface area (Å²) in [5.41, 5.74) is 0. The Hall–Kier alpha value is -2.12. The Kier molecular flexibility index (Phi) is 10.6. The molecule has 8 nitrogen and oxygen atoms in total. The Labute approximate surface area is 168 Å². The first kappa shape index (κ1) is 23.9. The molecule has 4 saturated heterocycles. The molecule has 0 N–H and O–H groups in total. The van der Waals surface area contributed by atoms with E-state index in [1.165, 1.54) is 0 Å². The van der Waals surface area contributed by atoms with Crippen LogP contribution in [0.4, 0.5) is 0 Å². The third-order valence-electron chi connectivity index (χ3n) is 5.24. The Morgan fingerprint density at radius 2 is 0.607 bits per heavy atom. The molecule has 4 rings (SSSR count). The maximum absolute atomic E-state index is 10.5. The van der Waals surface area contributed by atoms with Gasteiger partial charge in [-0.05, 0) is 25.7 Å². The van der Waals surface area contributed by atoms with Crippen LogP contribution in [-0.2, 0) is 19.2 Å². The zero-order valence-electron chi connectivity index (χ0n) is 17.9. The van der Waals surface area contributed by atoms with Crippen LogP contribution in [0.25, 0.3) is 0 Å². The highest BCUT2D eigenvalue weighted by atomic mass is 16.2. The van der Waals surface area contributed by atoms with Gasteiger partial charge in [0.05, 0.1) is 0 Å². The lowest BCUT2D eigenvalue weighted by Crippen LogP contribution is -2.17. The fourth-order valence-electron chi connectivity index (χ4n) is 3.13. The van der Waals surface area contributed by atoms with Crippen molar-refractivity contribution in [3.63, 3.8) is 0 Å². The van der Waals surface area contributed by atoms with Gasteiger partial charge in [0, 0.05) is 80.1 Å². The zero-order valence-corrected chi connectivity index (χ0v) is 17.9. The molecule has 0 unspecified atom stereocenters. The van der Waals surface area contributed by atoms with Gasteiger partial charge in [-0.25, -0.2) is 0 Å². The van der Waals surface area contributed by atoms with Crippen LogP contribution in [-0.4, -0.2) is 97.6 Å². The van der Waals surface area contributed by atoms with Crippen LogP contribution in [0.5, 0.6) is 0 Å². The number of hydrogen-bond acceptors (Lipinski definition) is 4. The van der Waals surface area contributed by atoms with Crippen molar-refractivity contribution >= 4 is 23.6 Å². The maximum atomic E-state index is 10.5. The second kappa shape index (κ2) is 12.4. The summed E-state index contributed by atoms with van der Waals surface area (Å²) in [6.07, 6.45) is 7.25. The van der Waals surface area contributed by atoms with Gasteiger partial charge in [0.15, 0.2) is 0 Å². The summed E-state index contributed by atoms with van der Waals surface area (Å²) in [6.45, 7) is 3.83. The van der Waals surface area contributed by atoms with Crippen LogP contribution in [0.3, 0.4) is 0 Å². The summed E-state index contributed by atoms with van der Waals surface area (Å²) < 4.78 is 0. The lowest BCUT2D eigenvalue weighted by molar-refractivity contribution is -0.127. The molecule has 0 saturated carbocycles. The van der Waals surface area contributed by atoms with Crippen molar-refractivity contribution in [1.82, 2.24) is 19.6 Å². The number of carbonyl (C=O) groups is 4. The molecule has 4 fully saturated rings. The minimum Gasteiger partial charge on any atom is -0.346 e. The second-order valence-electron chi connectivity index (χ2n) is 7.68. The van der Waals surface area contributed by atoms with E-state index in [1.54, 1.807) is 19.6 Å². The molecule has 4 amide bonds. The fraction of sp³-hybridized carbons (Fsp3) is 0.800. The molecule has 28 heavy (non-hydrogen) atoms. The summed E-state index contributed by atoms with van der Waals surface area (Å²) in [4.78, 5) is 49.1. The largest absolute Gasteiger partial charge is 0.346 e. The van der Waals surface area contributed by atoms with E-state index in [-0.39, 0.29) is 0 Å². The average molecular weight is 397 g/mol. The lowest BCUT2D eigenvalue weighted by atomic mass is 10.4. The molecule has 0 radical (unpaired) electrons. The van der Waals surface area contributed by atoms with Crippen LogP contribution >= 0.6 is 0 Å². The topological polar surface area (TPSA) is 81.2 Å². The highest BCUT2D eigenvalue weighted by molar-refractivity contribution is 5.78. The quantitative estimate of drug-likeness (QED) is 0.611. The molecule has 0 aromatic carbocycles. The van der Waals surface area contributed by atoms with Crippen LogP contribution in [0.1, 0.15) is 51.4 Å². The predicted octanol–water partition coefficient (Wildman–Crippen LogP) is 0.954. The summed E-state index contributed by atoms with van der Waals surface area (Å²) in [5, 5.41) is 0. The number of rotatable bonds is 0. The Morgan fingerprint density at radius 3 is 0.643 bits per heavy atom. The van der Waals surface area contributed by atoms with Gasteiger partial charge in [-0.3, -0.25) is 19.2 Å². The van der Waals surface area contributed by atoms with Crippen molar-refractivity contribution in [2.75, 3.05) is 54.4 Å². The van der Waals surface area contributed by atoms with Crippen LogP contribution < -0.4 is 0 Å². The number of carbonyl (C=O) groups excluding carboxylic acids is 4. The van der Waals surface area contributed by atoms with Crippen LogP contribution in [0.15, 0.2) is 0 Å². The van der Waals surface area contributed by atoms with Gasteiger partial charge in [-0.2, -0.15) is 0 Å². The van der Waals surface area contributed by atoms with Gasteiger partial charge in [-0.15, -0.1) is 0 Å². The first-order valence-electron chi connectivity index (χ1n) is 10.2. The molecule has 0 aromatic rings. The molecule has 0 bridgehead atoms. The summed E-state index contributed by atoms with van der Waals surface area (Å²) in [7, 11) is 7.37. The van der Waals surface area contributed by atoms with Gasteiger partial charge in [0.1, 0.15) is 0 Å². The molecule has 8 heteroatoms. The van der Waals surface area contributed by atoms with Crippen LogP contribution in [0.2, 0.25) is 0 Å². The van der Waals surface area contributed by atoms with E-state index >= 15 is 0 Å². The smallest absolute Gasteiger partial charge is 0.222 e. The van der Waals surface area contributed by atoms with Gasteiger partial charge in [0.25, 0.3) is 0 Å². The number of amides is 4. The van der Waals surface area contributed by atoms with Crippen molar-refractivity contribution in [3.05, 3.63) is 0 Å². The van der Waals surface area contributed by atoms with Crippen molar-refractivity contribution in [2.24, 2.45) is 0 Å². The van der Waals surface area contributed by atoms with Crippen LogP contribution in [0, 0.1) is 0 Å². The third-order valence-corrected chi connectivity index (χ3v) is 5.24. The van der Waals surface area contributed by atoms with E-state index in [0.29, 0.717) is 23.6 Å². The minimum atomic E-state index is 0.292. The molecule has 4 aliphatic rings. The van der Waals surface area contributed by atoms with Gasteiger partial charge < -0.3 is 19.6 Å². The van der Waals surface area contributed by atoms with E-state index in [1.807, 2.05) is 28.2 Å². The van der Waals surface area contributed by atoms with E-state index in [4.69, 9.17) is 0 Å². The lowest BCUT2D eigenvalue weighted by Gasteiger charge is -2.03. The normalized spacial score (nSPS) is 21.3. The molecule has 0 atom stereocenters. The molecule has 4 heterocycles. The Morgan fingerprint density at radius 1 is 0.429 bits per heavy atom. The molecular formula is C20H36N4O4. The minimum absolute atomic E-state index is 0.292. The maximum Gasteiger partial charge on any atom is 0.222 e. The molecular weight excluding hydrogens is 360 g/mol. The summed E-state index contributed by atoms with van der Waals surface area (Å²) in [6, 6.07) is 0. The van der Waals surface area contributed by atoms with Crippen molar-refractivity contribution in [2.45, 2.75) is 51.4 Å². The molecule has 160 valence electrons. The molecule has 0 aromatic heterocycles. The first-order valence-corrected chi connectivity index (χ1v) is 10.2. The summed E-state index contributed by atoms with van der Waals surface area (Å²) >= 11 is 0. The Bertz CT molecular complexity index is 456. The van der Waals surface area contributed by atoms with Crippen molar-refractivity contribution in [1.29, 1.82) is 0 Å². The highest BCUT2D eigenvalue weighted by Crippen LogP contribution is 2.06. The van der Waals surface area contributed by atoms with E-state index in [9.17, 15) is 19.2 Å². The van der Waals surface area contributed by atoms with Crippen molar-refractivity contribution in [3.8, 4) is 0 Å². The van der Waals surface area contributed by atoms with E-state index < -0.39 is 0 Å². The van der Waals surface area contributed by atoms with Gasteiger partial charge in [-0.1, -0.05) is 0 Å². The standard InChI is InChI=1S/4C5H9NO/c4*1-6-4-2-3-5(6)7/h4*2-4H2,1H3. The fourth-order valence-corrected chi connectivity index (χ4v) is 3.13. The highest BCUT2D eigenvalue weighted by Gasteiger charge is 2.15. The molecule has 0 spiro atoms. The average Bonchev–Trinajstić information content (AvgIpc) is 3.41. The van der Waals surface area contributed by atoms with Crippen molar-refractivity contribution < 1.29 is 19.2 Å². The third kappa shape index (κ3) is 8.71.